The number of ether oxygens (including phenoxy) is 1. The number of nitrogens with zero attached hydrogens (tertiary/aromatic N) is 2. The van der Waals surface area contributed by atoms with Gasteiger partial charge in [-0.1, -0.05) is 0 Å². The van der Waals surface area contributed by atoms with Gasteiger partial charge in [-0.2, -0.15) is 16.4 Å². The largest absolute Gasteiger partial charge is 0.525 e. The molecule has 0 amide bonds. The van der Waals surface area contributed by atoms with E-state index < -0.39 is 24.0 Å². The molecular formula is C18H22BFN2O3S. The quantitative estimate of drug-likeness (QED) is 0.755. The summed E-state index contributed by atoms with van der Waals surface area (Å²) < 4.78 is 33.9. The van der Waals surface area contributed by atoms with Gasteiger partial charge in [0.25, 0.3) is 0 Å². The molecule has 0 spiro atoms. The van der Waals surface area contributed by atoms with E-state index >= 15 is 0 Å². The molecule has 0 aromatic carbocycles. The van der Waals surface area contributed by atoms with Gasteiger partial charge < -0.3 is 14.0 Å². The van der Waals surface area contributed by atoms with Crippen molar-refractivity contribution in [3.8, 4) is 0 Å². The Balaban J connectivity index is 1.51. The number of hydrogen-bond acceptors (Lipinski definition) is 5. The van der Waals surface area contributed by atoms with E-state index in [0.29, 0.717) is 18.8 Å². The zero-order valence-corrected chi connectivity index (χ0v) is 16.2. The van der Waals surface area contributed by atoms with Crippen LogP contribution in [-0.4, -0.2) is 28.1 Å². The minimum absolute atomic E-state index is 0.0153. The fourth-order valence-electron chi connectivity index (χ4n) is 3.04. The molecular weight excluding hydrogens is 354 g/mol. The lowest BCUT2D eigenvalue weighted by atomic mass is 9.87. The number of fused-ring (bicyclic) bond motifs is 1. The first-order valence-electron chi connectivity index (χ1n) is 8.68. The van der Waals surface area contributed by atoms with Gasteiger partial charge in [0.05, 0.1) is 35.7 Å². The van der Waals surface area contributed by atoms with Crippen LogP contribution >= 0.6 is 11.3 Å². The third-order valence-corrected chi connectivity index (χ3v) is 6.03. The summed E-state index contributed by atoms with van der Waals surface area (Å²) in [6, 6.07) is 3.90. The third kappa shape index (κ3) is 3.15. The van der Waals surface area contributed by atoms with E-state index in [1.54, 1.807) is 11.3 Å². The van der Waals surface area contributed by atoms with Crippen molar-refractivity contribution in [1.29, 1.82) is 0 Å². The van der Waals surface area contributed by atoms with Gasteiger partial charge in [-0.05, 0) is 62.2 Å². The van der Waals surface area contributed by atoms with Crippen molar-refractivity contribution in [3.63, 3.8) is 0 Å². The maximum atomic E-state index is 14.7. The fourth-order valence-corrected chi connectivity index (χ4v) is 3.74. The van der Waals surface area contributed by atoms with Gasteiger partial charge in [0.15, 0.2) is 0 Å². The van der Waals surface area contributed by atoms with Crippen molar-refractivity contribution in [2.45, 2.75) is 58.2 Å². The Hall–Kier alpha value is -1.48. The van der Waals surface area contributed by atoms with E-state index in [0.717, 1.165) is 11.3 Å². The third-order valence-electron chi connectivity index (χ3n) is 5.33. The average Bonchev–Trinajstić information content (AvgIpc) is 3.25. The highest BCUT2D eigenvalue weighted by Crippen LogP contribution is 2.39. The van der Waals surface area contributed by atoms with Gasteiger partial charge >= 0.3 is 7.12 Å². The van der Waals surface area contributed by atoms with Crippen molar-refractivity contribution < 1.29 is 18.4 Å². The van der Waals surface area contributed by atoms with Crippen molar-refractivity contribution >= 4 is 24.5 Å². The van der Waals surface area contributed by atoms with E-state index in [2.05, 4.69) is 16.5 Å². The molecule has 0 aliphatic carbocycles. The lowest BCUT2D eigenvalue weighted by Gasteiger charge is -2.32. The van der Waals surface area contributed by atoms with Gasteiger partial charge in [0.2, 0.25) is 0 Å². The zero-order chi connectivity index (χ0) is 18.5. The van der Waals surface area contributed by atoms with Crippen molar-refractivity contribution in [3.05, 3.63) is 45.6 Å². The summed E-state index contributed by atoms with van der Waals surface area (Å²) in [5, 5.41) is 8.62. The molecule has 4 rings (SSSR count). The van der Waals surface area contributed by atoms with Crippen LogP contribution in [0.25, 0.3) is 6.08 Å². The Morgan fingerprint density at radius 3 is 2.73 bits per heavy atom. The van der Waals surface area contributed by atoms with E-state index in [9.17, 15) is 4.39 Å². The van der Waals surface area contributed by atoms with Gasteiger partial charge in [-0.3, -0.25) is 4.68 Å². The SMILES string of the molecule is CC1(C)OB(C(F)=Cc2cc3n(n2)CC(c2ccsc2)OC3)OC1(C)C. The van der Waals surface area contributed by atoms with E-state index in [4.69, 9.17) is 14.0 Å². The molecule has 26 heavy (non-hydrogen) atoms. The van der Waals surface area contributed by atoms with Gasteiger partial charge in [0.1, 0.15) is 11.8 Å². The van der Waals surface area contributed by atoms with Gasteiger partial charge in [-0.15, -0.1) is 0 Å². The van der Waals surface area contributed by atoms with Crippen molar-refractivity contribution in [2.75, 3.05) is 0 Å². The molecule has 2 aliphatic rings. The van der Waals surface area contributed by atoms with Crippen LogP contribution in [0.15, 0.2) is 28.6 Å². The molecule has 8 heteroatoms. The van der Waals surface area contributed by atoms with E-state index in [-0.39, 0.29) is 6.10 Å². The van der Waals surface area contributed by atoms with E-state index in [1.807, 2.05) is 43.8 Å². The molecule has 1 unspecified atom stereocenters. The molecule has 1 saturated heterocycles. The second-order valence-corrected chi connectivity index (χ2v) is 8.50. The minimum atomic E-state index is -1.01. The van der Waals surface area contributed by atoms with Crippen LogP contribution in [0.4, 0.5) is 4.39 Å². The molecule has 2 aromatic rings. The van der Waals surface area contributed by atoms with Crippen LogP contribution in [0.5, 0.6) is 0 Å². The number of hydrogen-bond donors (Lipinski definition) is 0. The lowest BCUT2D eigenvalue weighted by molar-refractivity contribution is -0.000907. The second kappa shape index (κ2) is 6.30. The normalized spacial score (nSPS) is 24.7. The average molecular weight is 376 g/mol. The summed E-state index contributed by atoms with van der Waals surface area (Å²) >= 11 is 1.65. The van der Waals surface area contributed by atoms with Gasteiger partial charge in [-0.25, -0.2) is 4.39 Å². The maximum absolute atomic E-state index is 14.7. The Labute approximate surface area is 156 Å². The van der Waals surface area contributed by atoms with Gasteiger partial charge in [0, 0.05) is 0 Å². The highest BCUT2D eigenvalue weighted by Gasteiger charge is 2.53. The first-order chi connectivity index (χ1) is 12.2. The first-order valence-corrected chi connectivity index (χ1v) is 9.63. The molecule has 138 valence electrons. The molecule has 0 bridgehead atoms. The first kappa shape index (κ1) is 17.9. The van der Waals surface area contributed by atoms with Crippen LogP contribution < -0.4 is 0 Å². The predicted molar refractivity (Wildman–Crippen MR) is 99.2 cm³/mol. The summed E-state index contributed by atoms with van der Waals surface area (Å²) in [7, 11) is -1.01. The Kier molecular flexibility index (Phi) is 4.34. The predicted octanol–water partition coefficient (Wildman–Crippen LogP) is 4.16. The number of thiophene rings is 1. The topological polar surface area (TPSA) is 45.5 Å². The van der Waals surface area contributed by atoms with Crippen LogP contribution in [0.3, 0.4) is 0 Å². The van der Waals surface area contributed by atoms with Crippen LogP contribution in [0, 0.1) is 0 Å². The maximum Gasteiger partial charge on any atom is 0.525 e. The highest BCUT2D eigenvalue weighted by atomic mass is 32.1. The fraction of sp³-hybridized carbons (Fsp3) is 0.500. The van der Waals surface area contributed by atoms with Crippen LogP contribution in [0.2, 0.25) is 0 Å². The van der Waals surface area contributed by atoms with Crippen LogP contribution in [0.1, 0.15) is 50.8 Å². The Morgan fingerprint density at radius 2 is 2.08 bits per heavy atom. The smallest absolute Gasteiger partial charge is 0.398 e. The molecule has 0 N–H and O–H groups in total. The minimum Gasteiger partial charge on any atom is -0.398 e. The molecule has 0 radical (unpaired) electrons. The summed E-state index contributed by atoms with van der Waals surface area (Å²) in [6.07, 6.45) is 1.37. The molecule has 1 atom stereocenters. The zero-order valence-electron chi connectivity index (χ0n) is 15.4. The molecule has 1 fully saturated rings. The number of rotatable bonds is 3. The van der Waals surface area contributed by atoms with Crippen molar-refractivity contribution in [2.24, 2.45) is 0 Å². The summed E-state index contributed by atoms with van der Waals surface area (Å²) in [5.41, 5.74) is 1.01. The lowest BCUT2D eigenvalue weighted by Crippen LogP contribution is -2.41. The van der Waals surface area contributed by atoms with Crippen molar-refractivity contribution in [1.82, 2.24) is 9.78 Å². The Bertz CT molecular complexity index is 816. The molecule has 4 heterocycles. The molecule has 5 nitrogen and oxygen atoms in total. The molecule has 2 aromatic heterocycles. The highest BCUT2D eigenvalue weighted by molar-refractivity contribution is 7.07. The summed E-state index contributed by atoms with van der Waals surface area (Å²) in [5.74, 6) is 0. The molecule has 2 aliphatic heterocycles. The van der Waals surface area contributed by atoms with E-state index in [1.165, 1.54) is 6.08 Å². The number of halogens is 1. The second-order valence-electron chi connectivity index (χ2n) is 7.72. The summed E-state index contributed by atoms with van der Waals surface area (Å²) in [4.78, 5) is 0. The van der Waals surface area contributed by atoms with Crippen LogP contribution in [-0.2, 0) is 27.2 Å². The Morgan fingerprint density at radius 1 is 1.35 bits per heavy atom. The molecule has 0 saturated carbocycles. The monoisotopic (exact) mass is 376 g/mol. The number of aromatic nitrogens is 2. The standard InChI is InChI=1S/C18H22BFN2O3S/c1-17(2)18(3,4)25-19(24-17)16(20)8-13-7-14-10-23-15(9-22(14)21-13)12-5-6-26-11-12/h5-8,11,15H,9-10H2,1-4H3. The summed E-state index contributed by atoms with van der Waals surface area (Å²) in [6.45, 7) is 8.68.